The summed E-state index contributed by atoms with van der Waals surface area (Å²) < 4.78 is 1.36. The lowest BCUT2D eigenvalue weighted by atomic mass is 10.2. The third kappa shape index (κ3) is 3.23. The van der Waals surface area contributed by atoms with Crippen LogP contribution in [0.2, 0.25) is 0 Å². The fraction of sp³-hybridized carbons (Fsp3) is 0.0526. The van der Waals surface area contributed by atoms with E-state index in [2.05, 4.69) is 15.0 Å². The lowest BCUT2D eigenvalue weighted by Crippen LogP contribution is -2.22. The van der Waals surface area contributed by atoms with Gasteiger partial charge in [0, 0.05) is 18.5 Å². The van der Waals surface area contributed by atoms with Crippen molar-refractivity contribution in [3.63, 3.8) is 0 Å². The molecule has 0 aliphatic heterocycles. The molecule has 8 nitrogen and oxygen atoms in total. The van der Waals surface area contributed by atoms with Crippen LogP contribution in [0.15, 0.2) is 75.9 Å². The van der Waals surface area contributed by atoms with Gasteiger partial charge < -0.3 is 0 Å². The fourth-order valence-electron chi connectivity index (χ4n) is 2.71. The number of nitrogens with zero attached hydrogens (tertiary/aromatic N) is 5. The second-order valence-corrected chi connectivity index (χ2v) is 6.89. The first-order valence-electron chi connectivity index (χ1n) is 8.26. The van der Waals surface area contributed by atoms with E-state index in [1.165, 1.54) is 22.9 Å². The average molecular weight is 391 g/mol. The third-order valence-electron chi connectivity index (χ3n) is 4.01. The molecule has 4 aromatic rings. The second kappa shape index (κ2) is 7.20. The summed E-state index contributed by atoms with van der Waals surface area (Å²) in [7, 11) is 0. The van der Waals surface area contributed by atoms with Crippen molar-refractivity contribution in [2.24, 2.45) is 0 Å². The van der Waals surface area contributed by atoms with E-state index >= 15 is 0 Å². The van der Waals surface area contributed by atoms with Gasteiger partial charge >= 0.3 is 5.69 Å². The molecule has 0 unspecified atom stereocenters. The predicted octanol–water partition coefficient (Wildman–Crippen LogP) is 3.54. The summed E-state index contributed by atoms with van der Waals surface area (Å²) in [4.78, 5) is 37.0. The van der Waals surface area contributed by atoms with Gasteiger partial charge in [0.1, 0.15) is 5.82 Å². The number of aryl methyl sites for hydroxylation is 1. The molecule has 3 heterocycles. The lowest BCUT2D eigenvalue weighted by molar-refractivity contribution is -0.388. The molecule has 0 fully saturated rings. The summed E-state index contributed by atoms with van der Waals surface area (Å²) in [5, 5.41) is 12.2. The highest BCUT2D eigenvalue weighted by Crippen LogP contribution is 2.32. The SMILES string of the molecule is Cc1ccnc(-n2c(Sc3ncccc3[N+](=O)[O-])nc3ccccc3c2=O)c1. The van der Waals surface area contributed by atoms with Crippen molar-refractivity contribution in [3.05, 3.63) is 87.0 Å². The van der Waals surface area contributed by atoms with Crippen molar-refractivity contribution in [1.82, 2.24) is 19.5 Å². The number of nitro groups is 1. The Morgan fingerprint density at radius 3 is 2.68 bits per heavy atom. The molecule has 0 radical (unpaired) electrons. The molecule has 0 saturated heterocycles. The largest absolute Gasteiger partial charge is 0.301 e. The number of hydrogen-bond donors (Lipinski definition) is 0. The zero-order valence-corrected chi connectivity index (χ0v) is 15.5. The number of para-hydroxylation sites is 1. The molecule has 0 N–H and O–H groups in total. The van der Waals surface area contributed by atoms with Crippen LogP contribution in [0.5, 0.6) is 0 Å². The molecule has 0 aliphatic carbocycles. The number of benzene rings is 1. The molecule has 0 saturated carbocycles. The van der Waals surface area contributed by atoms with E-state index in [0.29, 0.717) is 16.7 Å². The molecule has 138 valence electrons. The standard InChI is InChI=1S/C19H13N5O3S/c1-12-8-10-20-16(11-12)23-18(25)13-5-2-3-6-14(13)22-19(23)28-17-15(24(26)27)7-4-9-21-17/h2-11H,1H3. The van der Waals surface area contributed by atoms with Gasteiger partial charge in [-0.3, -0.25) is 14.9 Å². The van der Waals surface area contributed by atoms with E-state index in [-0.39, 0.29) is 21.4 Å². The predicted molar refractivity (Wildman–Crippen MR) is 105 cm³/mol. The van der Waals surface area contributed by atoms with Crippen LogP contribution in [0.25, 0.3) is 16.7 Å². The minimum atomic E-state index is -0.510. The maximum absolute atomic E-state index is 13.2. The first-order valence-corrected chi connectivity index (χ1v) is 9.08. The topological polar surface area (TPSA) is 104 Å². The summed E-state index contributed by atoms with van der Waals surface area (Å²) in [6, 6.07) is 13.4. The van der Waals surface area contributed by atoms with Crippen LogP contribution in [-0.4, -0.2) is 24.4 Å². The maximum atomic E-state index is 13.2. The van der Waals surface area contributed by atoms with Gasteiger partial charge in [0.05, 0.1) is 15.8 Å². The van der Waals surface area contributed by atoms with E-state index in [1.54, 1.807) is 36.5 Å². The van der Waals surface area contributed by atoms with Gasteiger partial charge in [-0.1, -0.05) is 12.1 Å². The molecule has 0 amide bonds. The van der Waals surface area contributed by atoms with E-state index in [4.69, 9.17) is 0 Å². The number of fused-ring (bicyclic) bond motifs is 1. The molecule has 4 rings (SSSR count). The summed E-state index contributed by atoms with van der Waals surface area (Å²) in [5.74, 6) is 0.393. The molecular formula is C19H13N5O3S. The van der Waals surface area contributed by atoms with Crippen molar-refractivity contribution in [2.45, 2.75) is 17.1 Å². The quantitative estimate of drug-likeness (QED) is 0.298. The molecule has 9 heteroatoms. The first kappa shape index (κ1) is 17.8. The molecular weight excluding hydrogens is 378 g/mol. The fourth-order valence-corrected chi connectivity index (χ4v) is 3.66. The van der Waals surface area contributed by atoms with Crippen molar-refractivity contribution < 1.29 is 4.92 Å². The van der Waals surface area contributed by atoms with Gasteiger partial charge in [-0.15, -0.1) is 0 Å². The molecule has 0 atom stereocenters. The molecule has 0 spiro atoms. The van der Waals surface area contributed by atoms with E-state index in [9.17, 15) is 14.9 Å². The van der Waals surface area contributed by atoms with Crippen LogP contribution in [0, 0.1) is 17.0 Å². The van der Waals surface area contributed by atoms with Crippen molar-refractivity contribution in [3.8, 4) is 5.82 Å². The minimum Gasteiger partial charge on any atom is -0.268 e. The Morgan fingerprint density at radius 2 is 1.89 bits per heavy atom. The summed E-state index contributed by atoms with van der Waals surface area (Å²) >= 11 is 0.958. The van der Waals surface area contributed by atoms with Gasteiger partial charge in [-0.05, 0) is 54.6 Å². The van der Waals surface area contributed by atoms with Crippen molar-refractivity contribution >= 4 is 28.4 Å². The number of pyridine rings is 2. The van der Waals surface area contributed by atoms with Gasteiger partial charge in [0.25, 0.3) is 5.56 Å². The summed E-state index contributed by atoms with van der Waals surface area (Å²) in [5.41, 5.74) is 0.964. The van der Waals surface area contributed by atoms with E-state index in [0.717, 1.165) is 17.3 Å². The van der Waals surface area contributed by atoms with Gasteiger partial charge in [0.2, 0.25) is 0 Å². The van der Waals surface area contributed by atoms with Gasteiger partial charge in [-0.2, -0.15) is 0 Å². The Morgan fingerprint density at radius 1 is 1.07 bits per heavy atom. The Kier molecular flexibility index (Phi) is 4.58. The number of hydrogen-bond acceptors (Lipinski definition) is 7. The van der Waals surface area contributed by atoms with Crippen LogP contribution in [-0.2, 0) is 0 Å². The molecule has 3 aromatic heterocycles. The van der Waals surface area contributed by atoms with E-state index in [1.807, 2.05) is 13.0 Å². The lowest BCUT2D eigenvalue weighted by Gasteiger charge is -2.12. The van der Waals surface area contributed by atoms with E-state index < -0.39 is 4.92 Å². The molecule has 0 bridgehead atoms. The second-order valence-electron chi connectivity index (χ2n) is 5.93. The van der Waals surface area contributed by atoms with Crippen LogP contribution in [0.1, 0.15) is 5.56 Å². The first-order chi connectivity index (χ1) is 13.5. The zero-order valence-electron chi connectivity index (χ0n) is 14.6. The Bertz CT molecular complexity index is 1270. The highest BCUT2D eigenvalue weighted by molar-refractivity contribution is 7.99. The number of rotatable bonds is 4. The van der Waals surface area contributed by atoms with Crippen molar-refractivity contribution in [1.29, 1.82) is 0 Å². The Hall–Kier alpha value is -3.59. The van der Waals surface area contributed by atoms with Crippen LogP contribution in [0.3, 0.4) is 0 Å². The monoisotopic (exact) mass is 391 g/mol. The number of aromatic nitrogens is 4. The average Bonchev–Trinajstić information content (AvgIpc) is 2.68. The van der Waals surface area contributed by atoms with Gasteiger partial charge in [0.15, 0.2) is 10.2 Å². The van der Waals surface area contributed by atoms with Gasteiger partial charge in [-0.25, -0.2) is 19.5 Å². The minimum absolute atomic E-state index is 0.149. The summed E-state index contributed by atoms with van der Waals surface area (Å²) in [6.45, 7) is 1.89. The normalized spacial score (nSPS) is 10.9. The summed E-state index contributed by atoms with van der Waals surface area (Å²) in [6.07, 6.45) is 3.06. The molecule has 28 heavy (non-hydrogen) atoms. The smallest absolute Gasteiger partial charge is 0.268 e. The Labute approximate surface area is 163 Å². The maximum Gasteiger partial charge on any atom is 0.301 e. The molecule has 1 aromatic carbocycles. The highest BCUT2D eigenvalue weighted by Gasteiger charge is 2.21. The van der Waals surface area contributed by atoms with Crippen LogP contribution >= 0.6 is 11.8 Å². The molecule has 0 aliphatic rings. The van der Waals surface area contributed by atoms with Crippen LogP contribution in [0.4, 0.5) is 5.69 Å². The highest BCUT2D eigenvalue weighted by atomic mass is 32.2. The zero-order chi connectivity index (χ0) is 19.7. The third-order valence-corrected chi connectivity index (χ3v) is 4.98. The Balaban J connectivity index is 1.99. The van der Waals surface area contributed by atoms with Crippen LogP contribution < -0.4 is 5.56 Å². The van der Waals surface area contributed by atoms with Crippen molar-refractivity contribution in [2.75, 3.05) is 0 Å².